The molecule has 0 aliphatic carbocycles. The summed E-state index contributed by atoms with van der Waals surface area (Å²) >= 11 is 0. The van der Waals surface area contributed by atoms with Gasteiger partial charge in [-0.05, 0) is 38.3 Å². The molecule has 3 unspecified atom stereocenters. The Kier molecular flexibility index (Phi) is 4.94. The van der Waals surface area contributed by atoms with Crippen LogP contribution in [0.15, 0.2) is 24.3 Å². The Bertz CT molecular complexity index is 405. The van der Waals surface area contributed by atoms with Gasteiger partial charge in [0.1, 0.15) is 5.82 Å². The lowest BCUT2D eigenvalue weighted by Crippen LogP contribution is -2.38. The van der Waals surface area contributed by atoms with E-state index in [2.05, 4.69) is 11.8 Å². The van der Waals surface area contributed by atoms with E-state index in [-0.39, 0.29) is 17.9 Å². The molecule has 1 fully saturated rings. The second-order valence-corrected chi connectivity index (χ2v) is 5.76. The predicted octanol–water partition coefficient (Wildman–Crippen LogP) is 3.34. The number of nitrogens with zero attached hydrogens (tertiary/aromatic N) is 1. The molecule has 0 radical (unpaired) electrons. The number of hydrogen-bond donors (Lipinski definition) is 1. The fraction of sp³-hybridized carbons (Fsp3) is 0.625. The number of benzene rings is 1. The molecule has 106 valence electrons. The van der Waals surface area contributed by atoms with Crippen LogP contribution < -0.4 is 5.73 Å². The van der Waals surface area contributed by atoms with Crippen molar-refractivity contribution in [3.05, 3.63) is 35.6 Å². The molecule has 3 atom stereocenters. The van der Waals surface area contributed by atoms with Crippen LogP contribution in [0, 0.1) is 11.7 Å². The molecular formula is C16H25FN2. The third-order valence-corrected chi connectivity index (χ3v) is 4.13. The minimum Gasteiger partial charge on any atom is -0.326 e. The van der Waals surface area contributed by atoms with Crippen LogP contribution >= 0.6 is 0 Å². The maximum Gasteiger partial charge on any atom is 0.128 e. The molecule has 1 aromatic rings. The average Bonchev–Trinajstić information content (AvgIpc) is 2.80. The average molecular weight is 264 g/mol. The minimum atomic E-state index is -0.135. The van der Waals surface area contributed by atoms with Crippen molar-refractivity contribution in [2.24, 2.45) is 11.7 Å². The summed E-state index contributed by atoms with van der Waals surface area (Å²) in [6.07, 6.45) is 3.70. The first kappa shape index (κ1) is 14.5. The molecule has 1 aromatic carbocycles. The van der Waals surface area contributed by atoms with Gasteiger partial charge in [-0.25, -0.2) is 4.39 Å². The van der Waals surface area contributed by atoms with Gasteiger partial charge in [0.15, 0.2) is 0 Å². The van der Waals surface area contributed by atoms with E-state index in [0.717, 1.165) is 24.6 Å². The number of nitrogens with two attached hydrogens (primary N) is 1. The summed E-state index contributed by atoms with van der Waals surface area (Å²) in [6, 6.07) is 6.98. The van der Waals surface area contributed by atoms with Crippen molar-refractivity contribution in [3.8, 4) is 0 Å². The van der Waals surface area contributed by atoms with Gasteiger partial charge in [0.25, 0.3) is 0 Å². The van der Waals surface area contributed by atoms with Gasteiger partial charge in [0.05, 0.1) is 6.04 Å². The highest BCUT2D eigenvalue weighted by atomic mass is 19.1. The molecule has 1 aliphatic heterocycles. The third-order valence-electron chi connectivity index (χ3n) is 4.13. The highest BCUT2D eigenvalue weighted by Gasteiger charge is 2.32. The second-order valence-electron chi connectivity index (χ2n) is 5.76. The lowest BCUT2D eigenvalue weighted by molar-refractivity contribution is 0.205. The van der Waals surface area contributed by atoms with Crippen LogP contribution in [0.2, 0.25) is 0 Å². The highest BCUT2D eigenvalue weighted by molar-refractivity contribution is 5.23. The Morgan fingerprint density at radius 2 is 2.16 bits per heavy atom. The number of halogens is 1. The predicted molar refractivity (Wildman–Crippen MR) is 77.4 cm³/mol. The van der Waals surface area contributed by atoms with Crippen molar-refractivity contribution >= 4 is 0 Å². The van der Waals surface area contributed by atoms with Gasteiger partial charge in [-0.15, -0.1) is 0 Å². The molecule has 2 N–H and O–H groups in total. The fourth-order valence-electron chi connectivity index (χ4n) is 3.29. The normalized spacial score (nSPS) is 23.5. The number of likely N-dealkylation sites (tertiary alicyclic amines) is 1. The zero-order valence-corrected chi connectivity index (χ0v) is 12.0. The van der Waals surface area contributed by atoms with Crippen molar-refractivity contribution in [2.75, 3.05) is 13.1 Å². The van der Waals surface area contributed by atoms with Crippen LogP contribution in [0.5, 0.6) is 0 Å². The molecule has 3 heteroatoms. The molecule has 19 heavy (non-hydrogen) atoms. The van der Waals surface area contributed by atoms with Crippen molar-refractivity contribution in [2.45, 2.75) is 45.2 Å². The van der Waals surface area contributed by atoms with Crippen LogP contribution in [0.25, 0.3) is 0 Å². The molecule has 0 aromatic heterocycles. The highest BCUT2D eigenvalue weighted by Crippen LogP contribution is 2.32. The van der Waals surface area contributed by atoms with E-state index < -0.39 is 0 Å². The van der Waals surface area contributed by atoms with E-state index in [1.807, 2.05) is 19.1 Å². The molecule has 2 nitrogen and oxygen atoms in total. The minimum absolute atomic E-state index is 0.00283. The van der Waals surface area contributed by atoms with Gasteiger partial charge in [-0.3, -0.25) is 4.90 Å². The SMILES string of the molecule is CCCC1CCN(C(c2ccccc2F)C(C)N)C1. The van der Waals surface area contributed by atoms with E-state index in [0.29, 0.717) is 0 Å². The monoisotopic (exact) mass is 264 g/mol. The van der Waals surface area contributed by atoms with Crippen LogP contribution in [-0.4, -0.2) is 24.0 Å². The first-order valence-electron chi connectivity index (χ1n) is 7.37. The van der Waals surface area contributed by atoms with E-state index in [9.17, 15) is 4.39 Å². The summed E-state index contributed by atoms with van der Waals surface area (Å²) < 4.78 is 14.0. The Morgan fingerprint density at radius 1 is 1.42 bits per heavy atom. The molecule has 2 rings (SSSR count). The van der Waals surface area contributed by atoms with Crippen molar-refractivity contribution < 1.29 is 4.39 Å². The molecule has 1 heterocycles. The molecule has 0 saturated carbocycles. The summed E-state index contributed by atoms with van der Waals surface area (Å²) in [4.78, 5) is 2.36. The van der Waals surface area contributed by atoms with E-state index >= 15 is 0 Å². The van der Waals surface area contributed by atoms with Crippen LogP contribution in [0.4, 0.5) is 4.39 Å². The summed E-state index contributed by atoms with van der Waals surface area (Å²) in [7, 11) is 0. The van der Waals surface area contributed by atoms with E-state index in [1.165, 1.54) is 25.3 Å². The number of hydrogen-bond acceptors (Lipinski definition) is 2. The van der Waals surface area contributed by atoms with Crippen LogP contribution in [0.1, 0.15) is 44.7 Å². The topological polar surface area (TPSA) is 29.3 Å². The first-order valence-corrected chi connectivity index (χ1v) is 7.37. The fourth-order valence-corrected chi connectivity index (χ4v) is 3.29. The summed E-state index contributed by atoms with van der Waals surface area (Å²) in [5, 5.41) is 0. The van der Waals surface area contributed by atoms with Gasteiger partial charge in [-0.1, -0.05) is 31.5 Å². The molecule has 1 aliphatic rings. The van der Waals surface area contributed by atoms with Gasteiger partial charge in [0.2, 0.25) is 0 Å². The third kappa shape index (κ3) is 3.34. The van der Waals surface area contributed by atoms with Gasteiger partial charge < -0.3 is 5.73 Å². The summed E-state index contributed by atoms with van der Waals surface area (Å²) in [6.45, 7) is 6.28. The van der Waals surface area contributed by atoms with Gasteiger partial charge >= 0.3 is 0 Å². The summed E-state index contributed by atoms with van der Waals surface area (Å²) in [5.74, 6) is 0.613. The Balaban J connectivity index is 2.16. The quantitative estimate of drug-likeness (QED) is 0.884. The first-order chi connectivity index (χ1) is 9.13. The van der Waals surface area contributed by atoms with Crippen molar-refractivity contribution in [3.63, 3.8) is 0 Å². The van der Waals surface area contributed by atoms with Gasteiger partial charge in [-0.2, -0.15) is 0 Å². The lowest BCUT2D eigenvalue weighted by Gasteiger charge is -2.31. The zero-order chi connectivity index (χ0) is 13.8. The van der Waals surface area contributed by atoms with Crippen molar-refractivity contribution in [1.82, 2.24) is 4.90 Å². The summed E-state index contributed by atoms with van der Waals surface area (Å²) in [5.41, 5.74) is 6.87. The van der Waals surface area contributed by atoms with Crippen molar-refractivity contribution in [1.29, 1.82) is 0 Å². The lowest BCUT2D eigenvalue weighted by atomic mass is 9.98. The standard InChI is InChI=1S/C16H25FN2/c1-3-6-13-9-10-19(11-13)16(12(2)18)14-7-4-5-8-15(14)17/h4-5,7-8,12-13,16H,3,6,9-11,18H2,1-2H3. The maximum atomic E-state index is 14.0. The van der Waals surface area contributed by atoms with Gasteiger partial charge in [0, 0.05) is 18.2 Å². The van der Waals surface area contributed by atoms with Crippen LogP contribution in [0.3, 0.4) is 0 Å². The Morgan fingerprint density at radius 3 is 2.79 bits per heavy atom. The smallest absolute Gasteiger partial charge is 0.128 e. The Hall–Kier alpha value is -0.930. The van der Waals surface area contributed by atoms with Crippen LogP contribution in [-0.2, 0) is 0 Å². The molecular weight excluding hydrogens is 239 g/mol. The molecule has 1 saturated heterocycles. The number of rotatable bonds is 5. The largest absolute Gasteiger partial charge is 0.326 e. The molecule has 0 spiro atoms. The maximum absolute atomic E-state index is 14.0. The van der Waals surface area contributed by atoms with E-state index in [1.54, 1.807) is 6.07 Å². The Labute approximate surface area is 115 Å². The second kappa shape index (κ2) is 6.49. The molecule has 0 amide bonds. The van der Waals surface area contributed by atoms with E-state index in [4.69, 9.17) is 5.73 Å². The molecule has 0 bridgehead atoms. The zero-order valence-electron chi connectivity index (χ0n) is 12.0.